The first-order valence-electron chi connectivity index (χ1n) is 10.6. The smallest absolute Gasteiger partial charge is 0.293 e. The Bertz CT molecular complexity index is 1420. The minimum absolute atomic E-state index is 0.134. The molecule has 0 bridgehead atoms. The lowest BCUT2D eigenvalue weighted by Gasteiger charge is -2.23. The number of para-hydroxylation sites is 2. The van der Waals surface area contributed by atoms with E-state index in [9.17, 15) is 28.1 Å². The summed E-state index contributed by atoms with van der Waals surface area (Å²) in [6, 6.07) is 19.3. The zero-order chi connectivity index (χ0) is 26.3. The molecule has 0 spiro atoms. The molecule has 0 heterocycles. The SMILES string of the molecule is CC(=O)Nc1cccc(/C(C)=N\NC(=O)CN(c2ccccc2[N+](=O)[O-])S(=O)(=O)c2ccccc2)c1. The Morgan fingerprint density at radius 2 is 1.64 bits per heavy atom. The van der Waals surface area contributed by atoms with Crippen LogP contribution < -0.4 is 15.0 Å². The van der Waals surface area contributed by atoms with E-state index in [4.69, 9.17) is 0 Å². The van der Waals surface area contributed by atoms with Gasteiger partial charge in [-0.1, -0.05) is 42.5 Å². The molecule has 3 aromatic rings. The van der Waals surface area contributed by atoms with Crippen LogP contribution in [0.15, 0.2) is 88.9 Å². The van der Waals surface area contributed by atoms with Crippen molar-refractivity contribution in [3.63, 3.8) is 0 Å². The number of carbonyl (C=O) groups excluding carboxylic acids is 2. The Hall–Kier alpha value is -4.58. The van der Waals surface area contributed by atoms with Crippen molar-refractivity contribution in [2.24, 2.45) is 5.10 Å². The van der Waals surface area contributed by atoms with Gasteiger partial charge in [-0.15, -0.1) is 0 Å². The first-order chi connectivity index (χ1) is 17.1. The molecule has 0 unspecified atom stereocenters. The minimum Gasteiger partial charge on any atom is -0.326 e. The van der Waals surface area contributed by atoms with Crippen LogP contribution in [0.3, 0.4) is 0 Å². The number of anilines is 2. The molecule has 3 rings (SSSR count). The third-order valence-electron chi connectivity index (χ3n) is 4.91. The van der Waals surface area contributed by atoms with Crippen molar-refractivity contribution in [2.75, 3.05) is 16.2 Å². The number of benzene rings is 3. The molecule has 0 radical (unpaired) electrons. The first-order valence-corrected chi connectivity index (χ1v) is 12.1. The predicted molar refractivity (Wildman–Crippen MR) is 135 cm³/mol. The molecule has 0 saturated heterocycles. The summed E-state index contributed by atoms with van der Waals surface area (Å²) >= 11 is 0. The average molecular weight is 510 g/mol. The number of sulfonamides is 1. The number of hydrazone groups is 1. The summed E-state index contributed by atoms with van der Waals surface area (Å²) in [5.41, 5.74) is 3.10. The molecule has 0 aliphatic heterocycles. The van der Waals surface area contributed by atoms with Crippen LogP contribution in [0.5, 0.6) is 0 Å². The maximum Gasteiger partial charge on any atom is 0.293 e. The second-order valence-electron chi connectivity index (χ2n) is 7.56. The number of carbonyl (C=O) groups is 2. The standard InChI is InChI=1S/C24H23N5O6S/c1-17(19-9-8-10-20(15-19)25-18(2)30)26-27-24(31)16-28(22-13-6-7-14-23(22)29(32)33)36(34,35)21-11-4-3-5-12-21/h3-15H,16H2,1-2H3,(H,25,30)(H,27,31)/b26-17-. The molecule has 12 heteroatoms. The van der Waals surface area contributed by atoms with E-state index in [0.717, 1.165) is 6.07 Å². The molecule has 11 nitrogen and oxygen atoms in total. The maximum atomic E-state index is 13.4. The van der Waals surface area contributed by atoms with E-state index in [1.165, 1.54) is 49.4 Å². The van der Waals surface area contributed by atoms with Gasteiger partial charge in [-0.3, -0.25) is 19.7 Å². The van der Waals surface area contributed by atoms with E-state index in [-0.39, 0.29) is 16.5 Å². The van der Waals surface area contributed by atoms with E-state index < -0.39 is 33.1 Å². The van der Waals surface area contributed by atoms with Crippen LogP contribution in [-0.2, 0) is 19.6 Å². The zero-order valence-corrected chi connectivity index (χ0v) is 20.2. The van der Waals surface area contributed by atoms with Gasteiger partial charge in [-0.05, 0) is 42.8 Å². The van der Waals surface area contributed by atoms with Crippen LogP contribution in [0.4, 0.5) is 17.1 Å². The molecular weight excluding hydrogens is 486 g/mol. The van der Waals surface area contributed by atoms with E-state index in [2.05, 4.69) is 15.8 Å². The third-order valence-corrected chi connectivity index (χ3v) is 6.69. The molecule has 0 saturated carbocycles. The Balaban J connectivity index is 1.90. The molecule has 0 atom stereocenters. The highest BCUT2D eigenvalue weighted by molar-refractivity contribution is 7.92. The van der Waals surface area contributed by atoms with Crippen molar-refractivity contribution >= 4 is 44.6 Å². The summed E-state index contributed by atoms with van der Waals surface area (Å²) in [7, 11) is -4.33. The van der Waals surface area contributed by atoms with Gasteiger partial charge in [0.1, 0.15) is 12.2 Å². The Kier molecular flexibility index (Phi) is 8.12. The lowest BCUT2D eigenvalue weighted by molar-refractivity contribution is -0.384. The van der Waals surface area contributed by atoms with Crippen molar-refractivity contribution < 1.29 is 22.9 Å². The van der Waals surface area contributed by atoms with Crippen molar-refractivity contribution in [1.82, 2.24) is 5.43 Å². The van der Waals surface area contributed by atoms with Crippen LogP contribution >= 0.6 is 0 Å². The number of nitrogens with one attached hydrogen (secondary N) is 2. The fourth-order valence-electron chi connectivity index (χ4n) is 3.25. The van der Waals surface area contributed by atoms with Crippen molar-refractivity contribution in [1.29, 1.82) is 0 Å². The predicted octanol–water partition coefficient (Wildman–Crippen LogP) is 3.29. The fraction of sp³-hybridized carbons (Fsp3) is 0.125. The Morgan fingerprint density at radius 3 is 2.31 bits per heavy atom. The van der Waals surface area contributed by atoms with E-state index in [1.54, 1.807) is 37.3 Å². The van der Waals surface area contributed by atoms with Gasteiger partial charge in [0.15, 0.2) is 0 Å². The second kappa shape index (κ2) is 11.2. The molecule has 186 valence electrons. The topological polar surface area (TPSA) is 151 Å². The van der Waals surface area contributed by atoms with Gasteiger partial charge in [0, 0.05) is 18.7 Å². The Labute approximate surface area is 207 Å². The van der Waals surface area contributed by atoms with Gasteiger partial charge in [-0.2, -0.15) is 5.10 Å². The molecule has 0 aliphatic carbocycles. The van der Waals surface area contributed by atoms with Gasteiger partial charge < -0.3 is 5.32 Å². The molecule has 2 amide bonds. The fourth-order valence-corrected chi connectivity index (χ4v) is 4.71. The average Bonchev–Trinajstić information content (AvgIpc) is 2.86. The molecular formula is C24H23N5O6S. The summed E-state index contributed by atoms with van der Waals surface area (Å²) in [4.78, 5) is 34.8. The number of nitro groups is 1. The monoisotopic (exact) mass is 509 g/mol. The van der Waals surface area contributed by atoms with Crippen LogP contribution in [0.25, 0.3) is 0 Å². The Morgan fingerprint density at radius 1 is 0.972 bits per heavy atom. The molecule has 0 aromatic heterocycles. The molecule has 36 heavy (non-hydrogen) atoms. The number of rotatable bonds is 9. The van der Waals surface area contributed by atoms with E-state index in [0.29, 0.717) is 21.3 Å². The number of nitro benzene ring substituents is 1. The summed E-state index contributed by atoms with van der Waals surface area (Å²) in [5.74, 6) is -1.06. The van der Waals surface area contributed by atoms with Crippen LogP contribution in [-0.4, -0.2) is 37.4 Å². The highest BCUT2D eigenvalue weighted by Gasteiger charge is 2.31. The molecule has 2 N–H and O–H groups in total. The van der Waals surface area contributed by atoms with E-state index >= 15 is 0 Å². The van der Waals surface area contributed by atoms with Crippen LogP contribution in [0, 0.1) is 10.1 Å². The van der Waals surface area contributed by atoms with Gasteiger partial charge in [0.2, 0.25) is 5.91 Å². The minimum atomic E-state index is -4.33. The summed E-state index contributed by atoms with van der Waals surface area (Å²) in [6.07, 6.45) is 0. The highest BCUT2D eigenvalue weighted by atomic mass is 32.2. The lowest BCUT2D eigenvalue weighted by atomic mass is 10.1. The summed E-state index contributed by atoms with van der Waals surface area (Å²) in [5, 5.41) is 18.2. The maximum absolute atomic E-state index is 13.4. The first kappa shape index (κ1) is 26.0. The largest absolute Gasteiger partial charge is 0.326 e. The molecule has 3 aromatic carbocycles. The van der Waals surface area contributed by atoms with Crippen molar-refractivity contribution in [3.05, 3.63) is 94.5 Å². The third kappa shape index (κ3) is 6.30. The molecule has 0 aliphatic rings. The normalized spacial score (nSPS) is 11.4. The van der Waals surface area contributed by atoms with Gasteiger partial charge in [0.25, 0.3) is 21.6 Å². The lowest BCUT2D eigenvalue weighted by Crippen LogP contribution is -2.40. The number of amides is 2. The van der Waals surface area contributed by atoms with Crippen LogP contribution in [0.1, 0.15) is 19.4 Å². The second-order valence-corrected chi connectivity index (χ2v) is 9.43. The summed E-state index contributed by atoms with van der Waals surface area (Å²) in [6.45, 7) is 2.23. The van der Waals surface area contributed by atoms with Gasteiger partial charge >= 0.3 is 0 Å². The van der Waals surface area contributed by atoms with Crippen LogP contribution in [0.2, 0.25) is 0 Å². The molecule has 0 fully saturated rings. The van der Waals surface area contributed by atoms with Gasteiger partial charge in [-0.25, -0.2) is 18.1 Å². The number of hydrogen-bond donors (Lipinski definition) is 2. The van der Waals surface area contributed by atoms with E-state index in [1.807, 2.05) is 0 Å². The number of nitrogens with zero attached hydrogens (tertiary/aromatic N) is 3. The number of hydrogen-bond acceptors (Lipinski definition) is 7. The zero-order valence-electron chi connectivity index (χ0n) is 19.4. The highest BCUT2D eigenvalue weighted by Crippen LogP contribution is 2.31. The van der Waals surface area contributed by atoms with Crippen molar-refractivity contribution in [2.45, 2.75) is 18.7 Å². The van der Waals surface area contributed by atoms with Crippen molar-refractivity contribution in [3.8, 4) is 0 Å². The summed E-state index contributed by atoms with van der Waals surface area (Å²) < 4.78 is 27.4. The quantitative estimate of drug-likeness (QED) is 0.257. The van der Waals surface area contributed by atoms with Gasteiger partial charge in [0.05, 0.1) is 15.5 Å².